The molecule has 0 radical (unpaired) electrons. The first-order chi connectivity index (χ1) is 6.36. The number of phenolic OH excluding ortho intramolecular Hbond substituents is 2. The van der Waals surface area contributed by atoms with E-state index in [9.17, 15) is 18.0 Å². The summed E-state index contributed by atoms with van der Waals surface area (Å²) in [7, 11) is 0. The highest BCUT2D eigenvalue weighted by molar-refractivity contribution is 5.81. The fraction of sp³-hybridized carbons (Fsp3) is 0.125. The van der Waals surface area contributed by atoms with Gasteiger partial charge >= 0.3 is 6.18 Å². The van der Waals surface area contributed by atoms with Crippen molar-refractivity contribution in [2.45, 2.75) is 6.18 Å². The predicted octanol–water partition coefficient (Wildman–Crippen LogP) is 1.93. The molecule has 0 heterocycles. The lowest BCUT2D eigenvalue weighted by Crippen LogP contribution is -2.05. The third-order valence-electron chi connectivity index (χ3n) is 1.57. The smallest absolute Gasteiger partial charge is 0.416 e. The zero-order valence-corrected chi connectivity index (χ0v) is 6.67. The van der Waals surface area contributed by atoms with Crippen LogP contribution in [-0.2, 0) is 6.18 Å². The molecule has 0 saturated heterocycles. The molecule has 1 aromatic rings. The average molecular weight is 206 g/mol. The van der Waals surface area contributed by atoms with Gasteiger partial charge < -0.3 is 10.2 Å². The number of aldehydes is 1. The molecule has 0 saturated carbocycles. The van der Waals surface area contributed by atoms with E-state index >= 15 is 0 Å². The Balaban J connectivity index is 3.37. The van der Waals surface area contributed by atoms with Crippen LogP contribution >= 0.6 is 0 Å². The van der Waals surface area contributed by atoms with Crippen LogP contribution in [0.15, 0.2) is 12.1 Å². The number of alkyl halides is 3. The third-order valence-corrected chi connectivity index (χ3v) is 1.57. The summed E-state index contributed by atoms with van der Waals surface area (Å²) in [6.45, 7) is 0. The fourth-order valence-corrected chi connectivity index (χ4v) is 0.895. The van der Waals surface area contributed by atoms with Gasteiger partial charge in [-0.05, 0) is 12.1 Å². The van der Waals surface area contributed by atoms with Gasteiger partial charge in [0.2, 0.25) is 0 Å². The summed E-state index contributed by atoms with van der Waals surface area (Å²) < 4.78 is 36.3. The van der Waals surface area contributed by atoms with Crippen molar-refractivity contribution >= 4 is 6.29 Å². The van der Waals surface area contributed by atoms with E-state index in [1.165, 1.54) is 0 Å². The number of carbonyl (C=O) groups is 1. The topological polar surface area (TPSA) is 57.5 Å². The number of aromatic hydroxyl groups is 2. The van der Waals surface area contributed by atoms with Gasteiger partial charge in [-0.1, -0.05) is 0 Å². The van der Waals surface area contributed by atoms with Crippen molar-refractivity contribution < 1.29 is 28.2 Å². The van der Waals surface area contributed by atoms with Gasteiger partial charge in [0.25, 0.3) is 0 Å². The van der Waals surface area contributed by atoms with Crippen molar-refractivity contribution in [2.24, 2.45) is 0 Å². The maximum absolute atomic E-state index is 12.1. The maximum Gasteiger partial charge on any atom is 0.416 e. The Labute approximate surface area is 76.4 Å². The Hall–Kier alpha value is -1.72. The first-order valence-corrected chi connectivity index (χ1v) is 3.44. The molecule has 0 spiro atoms. The van der Waals surface area contributed by atoms with E-state index < -0.39 is 28.8 Å². The van der Waals surface area contributed by atoms with Gasteiger partial charge in [-0.15, -0.1) is 0 Å². The first-order valence-electron chi connectivity index (χ1n) is 3.44. The zero-order chi connectivity index (χ0) is 10.9. The van der Waals surface area contributed by atoms with Gasteiger partial charge in [0.1, 0.15) is 0 Å². The van der Waals surface area contributed by atoms with Crippen LogP contribution in [0.25, 0.3) is 0 Å². The number of halogens is 3. The molecule has 1 aromatic carbocycles. The molecular formula is C8H5F3O3. The van der Waals surface area contributed by atoms with Crippen LogP contribution < -0.4 is 0 Å². The lowest BCUT2D eigenvalue weighted by Gasteiger charge is -2.08. The normalized spacial score (nSPS) is 11.4. The number of phenols is 2. The molecule has 0 bridgehead atoms. The van der Waals surface area contributed by atoms with Crippen molar-refractivity contribution in [3.05, 3.63) is 23.3 Å². The fourth-order valence-electron chi connectivity index (χ4n) is 0.895. The minimum atomic E-state index is -4.66. The number of hydrogen-bond donors (Lipinski definition) is 2. The van der Waals surface area contributed by atoms with E-state index in [0.717, 1.165) is 0 Å². The molecule has 0 fully saturated rings. The molecule has 0 aliphatic carbocycles. The molecule has 0 aliphatic heterocycles. The Kier molecular flexibility index (Phi) is 2.37. The molecule has 2 N–H and O–H groups in total. The molecule has 3 nitrogen and oxygen atoms in total. The molecule has 0 atom stereocenters. The summed E-state index contributed by atoms with van der Waals surface area (Å²) in [5.41, 5.74) is -1.78. The molecule has 0 aliphatic rings. The SMILES string of the molecule is O=Cc1cc(C(F)(F)F)cc(O)c1O. The highest BCUT2D eigenvalue weighted by atomic mass is 19.4. The lowest BCUT2D eigenvalue weighted by molar-refractivity contribution is -0.137. The van der Waals surface area contributed by atoms with Gasteiger partial charge in [0.05, 0.1) is 11.1 Å². The van der Waals surface area contributed by atoms with Crippen LogP contribution in [-0.4, -0.2) is 16.5 Å². The van der Waals surface area contributed by atoms with E-state index in [-0.39, 0.29) is 6.29 Å². The minimum Gasteiger partial charge on any atom is -0.504 e. The van der Waals surface area contributed by atoms with Gasteiger partial charge in [0, 0.05) is 0 Å². The van der Waals surface area contributed by atoms with E-state index in [2.05, 4.69) is 0 Å². The Morgan fingerprint density at radius 2 is 1.79 bits per heavy atom. The molecule has 0 amide bonds. The summed E-state index contributed by atoms with van der Waals surface area (Å²) in [5.74, 6) is -1.82. The van der Waals surface area contributed by atoms with Crippen molar-refractivity contribution in [3.63, 3.8) is 0 Å². The number of hydrogen-bond acceptors (Lipinski definition) is 3. The van der Waals surface area contributed by atoms with E-state index in [4.69, 9.17) is 10.2 Å². The summed E-state index contributed by atoms with van der Waals surface area (Å²) in [5, 5.41) is 17.8. The number of rotatable bonds is 1. The minimum absolute atomic E-state index is 0.0320. The second-order valence-corrected chi connectivity index (χ2v) is 2.55. The summed E-state index contributed by atoms with van der Waals surface area (Å²) in [4.78, 5) is 10.2. The van der Waals surface area contributed by atoms with Crippen LogP contribution in [0.4, 0.5) is 13.2 Å². The summed E-state index contributed by atoms with van der Waals surface area (Å²) in [6.07, 6.45) is -4.63. The Morgan fingerprint density at radius 3 is 2.21 bits per heavy atom. The summed E-state index contributed by atoms with van der Waals surface area (Å²) >= 11 is 0. The maximum atomic E-state index is 12.1. The monoisotopic (exact) mass is 206 g/mol. The van der Waals surface area contributed by atoms with Gasteiger partial charge in [-0.2, -0.15) is 13.2 Å². The zero-order valence-electron chi connectivity index (χ0n) is 6.67. The van der Waals surface area contributed by atoms with Crippen molar-refractivity contribution in [1.82, 2.24) is 0 Å². The predicted molar refractivity (Wildman–Crippen MR) is 40.2 cm³/mol. The van der Waals surface area contributed by atoms with Gasteiger partial charge in [-0.25, -0.2) is 0 Å². The van der Waals surface area contributed by atoms with Crippen molar-refractivity contribution in [1.29, 1.82) is 0 Å². The van der Waals surface area contributed by atoms with Crippen molar-refractivity contribution in [3.8, 4) is 11.5 Å². The number of benzene rings is 1. The molecule has 14 heavy (non-hydrogen) atoms. The molecular weight excluding hydrogens is 201 g/mol. The highest BCUT2D eigenvalue weighted by Crippen LogP contribution is 2.36. The van der Waals surface area contributed by atoms with E-state index in [1.54, 1.807) is 0 Å². The molecule has 6 heteroatoms. The van der Waals surface area contributed by atoms with Gasteiger partial charge in [-0.3, -0.25) is 4.79 Å². The number of carbonyl (C=O) groups excluding carboxylic acids is 1. The highest BCUT2D eigenvalue weighted by Gasteiger charge is 2.32. The molecule has 1 rings (SSSR count). The van der Waals surface area contributed by atoms with Crippen LogP contribution in [0.1, 0.15) is 15.9 Å². The van der Waals surface area contributed by atoms with Crippen LogP contribution in [0.3, 0.4) is 0 Å². The van der Waals surface area contributed by atoms with Crippen LogP contribution in [0.5, 0.6) is 11.5 Å². The Morgan fingerprint density at radius 1 is 1.21 bits per heavy atom. The molecule has 76 valence electrons. The van der Waals surface area contributed by atoms with Gasteiger partial charge in [0.15, 0.2) is 17.8 Å². The Bertz CT molecular complexity index is 371. The van der Waals surface area contributed by atoms with E-state index in [0.29, 0.717) is 12.1 Å². The largest absolute Gasteiger partial charge is 0.504 e. The third kappa shape index (κ3) is 1.78. The molecule has 0 aromatic heterocycles. The van der Waals surface area contributed by atoms with E-state index in [1.807, 2.05) is 0 Å². The standard InChI is InChI=1S/C8H5F3O3/c9-8(10,11)5-1-4(3-12)7(14)6(13)2-5/h1-3,13-14H. The quantitative estimate of drug-likeness (QED) is 0.545. The average Bonchev–Trinajstić information content (AvgIpc) is 2.07. The van der Waals surface area contributed by atoms with Crippen LogP contribution in [0.2, 0.25) is 0 Å². The van der Waals surface area contributed by atoms with Crippen LogP contribution in [0, 0.1) is 0 Å². The second kappa shape index (κ2) is 3.21. The molecule has 0 unspecified atom stereocenters. The summed E-state index contributed by atoms with van der Waals surface area (Å²) in [6, 6.07) is 0.810. The second-order valence-electron chi connectivity index (χ2n) is 2.55. The first kappa shape index (κ1) is 10.4. The lowest BCUT2D eigenvalue weighted by atomic mass is 10.1. The van der Waals surface area contributed by atoms with Crippen molar-refractivity contribution in [2.75, 3.05) is 0 Å².